The molecule has 4 aromatic rings. The maximum atomic E-state index is 12.7. The number of nitrogens with zero attached hydrogens (tertiary/aromatic N) is 1. The average molecular weight is 531 g/mol. The summed E-state index contributed by atoms with van der Waals surface area (Å²) < 4.78 is 16.2. The third-order valence-electron chi connectivity index (χ3n) is 6.39. The highest BCUT2D eigenvalue weighted by atomic mass is 16.6. The number of aromatic nitrogens is 1. The van der Waals surface area contributed by atoms with Crippen LogP contribution in [0.1, 0.15) is 48.7 Å². The lowest BCUT2D eigenvalue weighted by molar-refractivity contribution is 0.121. The molecule has 1 saturated carbocycles. The molecule has 1 aliphatic rings. The number of hydrogen-bond donors (Lipinski definition) is 3. The number of benzene rings is 3. The van der Waals surface area contributed by atoms with Gasteiger partial charge in [-0.15, -0.1) is 0 Å². The Balaban J connectivity index is 0.000000826. The number of carboxylic acid groups (broad SMARTS) is 2. The zero-order chi connectivity index (χ0) is 27.9. The first-order valence-corrected chi connectivity index (χ1v) is 12.5. The van der Waals surface area contributed by atoms with Crippen LogP contribution in [0.2, 0.25) is 0 Å². The Morgan fingerprint density at radius 3 is 2.15 bits per heavy atom. The van der Waals surface area contributed by atoms with Crippen LogP contribution in [-0.4, -0.2) is 34.7 Å². The van der Waals surface area contributed by atoms with Crippen molar-refractivity contribution in [1.29, 1.82) is 0 Å². The van der Waals surface area contributed by atoms with E-state index in [0.717, 1.165) is 22.6 Å². The molecule has 3 aromatic carbocycles. The lowest BCUT2D eigenvalue weighted by Crippen LogP contribution is -2.16. The second-order valence-electron chi connectivity index (χ2n) is 9.17. The molecule has 0 spiro atoms. The summed E-state index contributed by atoms with van der Waals surface area (Å²) >= 11 is 0. The van der Waals surface area contributed by atoms with E-state index in [2.05, 4.69) is 46.9 Å². The van der Waals surface area contributed by atoms with Crippen molar-refractivity contribution in [2.75, 3.05) is 12.4 Å². The monoisotopic (exact) mass is 530 g/mol. The Labute approximate surface area is 226 Å². The predicted octanol–water partition coefficient (Wildman–Crippen LogP) is 7.74. The molecule has 202 valence electrons. The van der Waals surface area contributed by atoms with Crippen molar-refractivity contribution < 1.29 is 33.8 Å². The molecule has 9 nitrogen and oxygen atoms in total. The van der Waals surface area contributed by atoms with Crippen LogP contribution < -0.4 is 10.1 Å². The second-order valence-corrected chi connectivity index (χ2v) is 9.17. The minimum atomic E-state index is -1.83. The smallest absolute Gasteiger partial charge is 0.497 e. The second kappa shape index (κ2) is 12.2. The van der Waals surface area contributed by atoms with E-state index in [9.17, 15) is 4.79 Å². The van der Waals surface area contributed by atoms with Crippen LogP contribution in [0.3, 0.4) is 0 Å². The molecule has 3 N–H and O–H groups in total. The summed E-state index contributed by atoms with van der Waals surface area (Å²) in [5.41, 5.74) is 6.45. The maximum absolute atomic E-state index is 12.7. The third kappa shape index (κ3) is 7.16. The summed E-state index contributed by atoms with van der Waals surface area (Å²) in [4.78, 5) is 21.2. The fraction of sp³-hybridized carbons (Fsp3) is 0.233. The van der Waals surface area contributed by atoms with Crippen molar-refractivity contribution in [3.8, 4) is 28.1 Å². The van der Waals surface area contributed by atoms with Crippen molar-refractivity contribution >= 4 is 17.9 Å². The van der Waals surface area contributed by atoms with Crippen LogP contribution >= 0.6 is 0 Å². The SMILES string of the molecule is COc1cccc([C@@H](C)OC(=O)Nc2c(-c3ccc(-c4ccc(C5CC5)cc4)cc3)noc2C)c1.O=C(O)O. The van der Waals surface area contributed by atoms with Crippen LogP contribution in [-0.2, 0) is 4.74 Å². The molecule has 1 heterocycles. The van der Waals surface area contributed by atoms with Gasteiger partial charge in [-0.1, -0.05) is 65.8 Å². The van der Waals surface area contributed by atoms with Gasteiger partial charge in [0.05, 0.1) is 7.11 Å². The van der Waals surface area contributed by atoms with E-state index >= 15 is 0 Å². The van der Waals surface area contributed by atoms with Gasteiger partial charge >= 0.3 is 12.2 Å². The normalized spacial score (nSPS) is 13.0. The van der Waals surface area contributed by atoms with Gasteiger partial charge in [-0.2, -0.15) is 0 Å². The number of nitrogens with one attached hydrogen (secondary N) is 1. The first-order valence-electron chi connectivity index (χ1n) is 12.5. The highest BCUT2D eigenvalue weighted by Gasteiger charge is 2.23. The van der Waals surface area contributed by atoms with Crippen molar-refractivity contribution in [3.05, 3.63) is 89.7 Å². The van der Waals surface area contributed by atoms with Crippen molar-refractivity contribution in [1.82, 2.24) is 5.16 Å². The summed E-state index contributed by atoms with van der Waals surface area (Å²) in [7, 11) is 1.60. The van der Waals surface area contributed by atoms with Crippen molar-refractivity contribution in [2.24, 2.45) is 0 Å². The Morgan fingerprint density at radius 1 is 0.974 bits per heavy atom. The molecule has 0 radical (unpaired) electrons. The molecule has 9 heteroatoms. The van der Waals surface area contributed by atoms with E-state index in [1.807, 2.05) is 43.3 Å². The summed E-state index contributed by atoms with van der Waals surface area (Å²) in [6.07, 6.45) is -0.274. The molecule has 39 heavy (non-hydrogen) atoms. The van der Waals surface area contributed by atoms with Gasteiger partial charge in [-0.3, -0.25) is 5.32 Å². The molecule has 0 bridgehead atoms. The van der Waals surface area contributed by atoms with Gasteiger partial charge in [0.2, 0.25) is 0 Å². The van der Waals surface area contributed by atoms with Gasteiger partial charge in [0.25, 0.3) is 0 Å². The molecular weight excluding hydrogens is 500 g/mol. The van der Waals surface area contributed by atoms with E-state index in [4.69, 9.17) is 29.0 Å². The molecule has 1 fully saturated rings. The highest BCUT2D eigenvalue weighted by Crippen LogP contribution is 2.40. The number of hydrogen-bond acceptors (Lipinski definition) is 6. The molecule has 0 aliphatic heterocycles. The van der Waals surface area contributed by atoms with Gasteiger partial charge in [-0.05, 0) is 67.0 Å². The van der Waals surface area contributed by atoms with E-state index in [1.165, 1.54) is 24.0 Å². The summed E-state index contributed by atoms with van der Waals surface area (Å²) in [6.45, 7) is 3.57. The molecule has 5 rings (SSSR count). The molecule has 1 atom stereocenters. The lowest BCUT2D eigenvalue weighted by Gasteiger charge is -2.15. The largest absolute Gasteiger partial charge is 0.503 e. The van der Waals surface area contributed by atoms with Gasteiger partial charge in [0, 0.05) is 5.56 Å². The fourth-order valence-corrected chi connectivity index (χ4v) is 4.16. The van der Waals surface area contributed by atoms with E-state index in [0.29, 0.717) is 22.9 Å². The summed E-state index contributed by atoms with van der Waals surface area (Å²) in [5.74, 6) is 1.96. The Kier molecular flexibility index (Phi) is 8.50. The summed E-state index contributed by atoms with van der Waals surface area (Å²) in [6, 6.07) is 24.3. The molecule has 1 aliphatic carbocycles. The minimum absolute atomic E-state index is 0.459. The Morgan fingerprint density at radius 2 is 1.56 bits per heavy atom. The number of anilines is 1. The number of amides is 1. The van der Waals surface area contributed by atoms with Crippen molar-refractivity contribution in [3.63, 3.8) is 0 Å². The predicted molar refractivity (Wildman–Crippen MR) is 146 cm³/mol. The first-order chi connectivity index (χ1) is 18.7. The van der Waals surface area contributed by atoms with Gasteiger partial charge in [0.15, 0.2) is 5.76 Å². The molecule has 1 amide bonds. The summed E-state index contributed by atoms with van der Waals surface area (Å²) in [5, 5.41) is 20.9. The van der Waals surface area contributed by atoms with E-state index in [-0.39, 0.29) is 0 Å². The lowest BCUT2D eigenvalue weighted by atomic mass is 10.00. The van der Waals surface area contributed by atoms with E-state index in [1.54, 1.807) is 14.0 Å². The third-order valence-corrected chi connectivity index (χ3v) is 6.39. The number of ether oxygens (including phenoxy) is 2. The van der Waals surface area contributed by atoms with E-state index < -0.39 is 18.4 Å². The maximum Gasteiger partial charge on any atom is 0.503 e. The quantitative estimate of drug-likeness (QED) is 0.221. The number of rotatable bonds is 7. The highest BCUT2D eigenvalue weighted by molar-refractivity contribution is 5.91. The number of carbonyl (C=O) groups excluding carboxylic acids is 1. The molecule has 0 saturated heterocycles. The van der Waals surface area contributed by atoms with Crippen molar-refractivity contribution in [2.45, 2.75) is 38.7 Å². The van der Waals surface area contributed by atoms with Crippen LogP contribution in [0, 0.1) is 6.92 Å². The molecule has 1 aromatic heterocycles. The number of aryl methyl sites for hydroxylation is 1. The van der Waals surface area contributed by atoms with Gasteiger partial charge < -0.3 is 24.2 Å². The molecule has 0 unspecified atom stereocenters. The van der Waals surface area contributed by atoms with Crippen LogP contribution in [0.4, 0.5) is 15.3 Å². The first kappa shape index (κ1) is 27.3. The van der Waals surface area contributed by atoms with Crippen LogP contribution in [0.15, 0.2) is 77.3 Å². The zero-order valence-electron chi connectivity index (χ0n) is 21.9. The number of carbonyl (C=O) groups is 2. The van der Waals surface area contributed by atoms with Crippen LogP contribution in [0.5, 0.6) is 5.75 Å². The molecular formula is C30H30N2O7. The topological polar surface area (TPSA) is 131 Å². The van der Waals surface area contributed by atoms with Gasteiger partial charge in [-0.25, -0.2) is 9.59 Å². The Hall–Kier alpha value is -4.79. The standard InChI is InChI=1S/C29H28N2O4.CH2O3/c1-18(25-5-4-6-26(17-25)33-3)34-29(32)30-27-19(2)35-31-28(27)24-15-13-23(14-16-24)22-11-9-21(10-12-22)20-7-8-20;2-1(3)4/h4-6,9-18,20H,7-8H2,1-3H3,(H,30,32);(H2,2,3,4)/t18-;/m1./s1. The fourth-order valence-electron chi connectivity index (χ4n) is 4.16. The minimum Gasteiger partial charge on any atom is -0.497 e. The van der Waals surface area contributed by atoms with Crippen LogP contribution in [0.25, 0.3) is 22.4 Å². The average Bonchev–Trinajstić information content (AvgIpc) is 3.72. The number of methoxy groups -OCH3 is 1. The zero-order valence-corrected chi connectivity index (χ0v) is 21.9. The Bertz CT molecular complexity index is 1420. The van der Waals surface area contributed by atoms with Gasteiger partial charge in [0.1, 0.15) is 23.2 Å².